The first kappa shape index (κ1) is 27.3. The number of nitrogens with one attached hydrogen (secondary N) is 2. The van der Waals surface area contributed by atoms with Crippen molar-refractivity contribution in [1.82, 2.24) is 29.7 Å². The van der Waals surface area contributed by atoms with Crippen molar-refractivity contribution in [2.24, 2.45) is 0 Å². The molecule has 0 radical (unpaired) electrons. The van der Waals surface area contributed by atoms with Gasteiger partial charge in [-0.2, -0.15) is 0 Å². The number of rotatable bonds is 6. The van der Waals surface area contributed by atoms with Crippen LogP contribution in [0.25, 0.3) is 33.5 Å². The van der Waals surface area contributed by atoms with Crippen molar-refractivity contribution in [2.75, 3.05) is 38.0 Å². The highest BCUT2D eigenvalue weighted by molar-refractivity contribution is 5.97. The van der Waals surface area contributed by atoms with Gasteiger partial charge >= 0.3 is 6.03 Å². The molecule has 8 nitrogen and oxygen atoms in total. The smallest absolute Gasteiger partial charge is 0.322 e. The van der Waals surface area contributed by atoms with E-state index in [4.69, 9.17) is 4.98 Å². The Hall–Kier alpha value is -4.53. The van der Waals surface area contributed by atoms with E-state index in [1.807, 2.05) is 36.1 Å². The summed E-state index contributed by atoms with van der Waals surface area (Å²) in [6.07, 6.45) is 1.60. The summed E-state index contributed by atoms with van der Waals surface area (Å²) in [6, 6.07) is 25.1. The Bertz CT molecular complexity index is 1740. The Labute approximate surface area is 252 Å². The summed E-state index contributed by atoms with van der Waals surface area (Å²) in [5, 5.41) is 4.10. The van der Waals surface area contributed by atoms with E-state index in [0.29, 0.717) is 13.1 Å². The van der Waals surface area contributed by atoms with E-state index in [9.17, 15) is 4.79 Å². The number of aromatic nitrogens is 3. The summed E-state index contributed by atoms with van der Waals surface area (Å²) in [7, 11) is 0. The van der Waals surface area contributed by atoms with Crippen molar-refractivity contribution >= 4 is 22.8 Å². The van der Waals surface area contributed by atoms with Gasteiger partial charge in [-0.1, -0.05) is 67.6 Å². The number of H-pyrrole nitrogens is 1. The predicted molar refractivity (Wildman–Crippen MR) is 172 cm³/mol. The third kappa shape index (κ3) is 5.51. The highest BCUT2D eigenvalue weighted by atomic mass is 16.2. The lowest BCUT2D eigenvalue weighted by Gasteiger charge is -2.34. The molecule has 0 bridgehead atoms. The zero-order chi connectivity index (χ0) is 29.3. The second-order valence-corrected chi connectivity index (χ2v) is 11.6. The van der Waals surface area contributed by atoms with Crippen LogP contribution in [-0.4, -0.2) is 68.4 Å². The molecule has 4 heterocycles. The van der Waals surface area contributed by atoms with Crippen LogP contribution in [0.4, 0.5) is 10.5 Å². The zero-order valence-electron chi connectivity index (χ0n) is 24.8. The summed E-state index contributed by atoms with van der Waals surface area (Å²) in [6.45, 7) is 12.2. The molecule has 0 aliphatic carbocycles. The van der Waals surface area contributed by atoms with E-state index in [1.165, 1.54) is 16.7 Å². The number of benzene rings is 3. The van der Waals surface area contributed by atoms with Gasteiger partial charge in [-0.15, -0.1) is 0 Å². The van der Waals surface area contributed by atoms with Crippen LogP contribution in [0.1, 0.15) is 29.2 Å². The molecule has 2 amide bonds. The van der Waals surface area contributed by atoms with E-state index in [2.05, 4.69) is 80.5 Å². The first-order valence-electron chi connectivity index (χ1n) is 15.2. The molecule has 0 spiro atoms. The number of likely N-dealkylation sites (N-methyl/N-ethyl adjacent to an activating group) is 1. The summed E-state index contributed by atoms with van der Waals surface area (Å²) in [5.41, 5.74) is 10.2. The molecular formula is C35H37N7O. The fourth-order valence-electron chi connectivity index (χ4n) is 6.32. The van der Waals surface area contributed by atoms with E-state index in [-0.39, 0.29) is 6.03 Å². The van der Waals surface area contributed by atoms with Gasteiger partial charge in [0.05, 0.1) is 5.69 Å². The molecule has 2 aromatic heterocycles. The van der Waals surface area contributed by atoms with Gasteiger partial charge in [0.25, 0.3) is 0 Å². The minimum Gasteiger partial charge on any atom is -0.339 e. The molecule has 2 N–H and O–H groups in total. The summed E-state index contributed by atoms with van der Waals surface area (Å²) < 4.78 is 0. The lowest BCUT2D eigenvalue weighted by Crippen LogP contribution is -2.45. The molecule has 1 fully saturated rings. The molecule has 3 aromatic carbocycles. The van der Waals surface area contributed by atoms with Crippen LogP contribution in [0.5, 0.6) is 0 Å². The largest absolute Gasteiger partial charge is 0.339 e. The third-order valence-electron chi connectivity index (χ3n) is 8.97. The number of aromatic amines is 1. The Kier molecular flexibility index (Phi) is 7.39. The molecule has 7 rings (SSSR count). The normalized spacial score (nSPS) is 15.6. The average molecular weight is 572 g/mol. The first-order valence-corrected chi connectivity index (χ1v) is 15.2. The van der Waals surface area contributed by atoms with Crippen LogP contribution in [0, 0.1) is 6.92 Å². The SMILES string of the molecule is CCN1CCN(Cc2ccc(-c3cc4c(-c5cccc(NC(=O)N6Cc7ccccc7C6)c5C)ncnc4[nH]3)cc2)CC1. The van der Waals surface area contributed by atoms with Gasteiger partial charge in [-0.25, -0.2) is 14.8 Å². The average Bonchev–Trinajstić information content (AvgIpc) is 3.68. The molecule has 0 saturated carbocycles. The van der Waals surface area contributed by atoms with Crippen molar-refractivity contribution in [2.45, 2.75) is 33.5 Å². The maximum Gasteiger partial charge on any atom is 0.322 e. The Morgan fingerprint density at radius 2 is 1.60 bits per heavy atom. The van der Waals surface area contributed by atoms with Gasteiger partial charge in [0, 0.05) is 68.1 Å². The van der Waals surface area contributed by atoms with E-state index in [0.717, 1.165) is 84.1 Å². The zero-order valence-corrected chi connectivity index (χ0v) is 24.8. The maximum atomic E-state index is 13.2. The van der Waals surface area contributed by atoms with Crippen molar-refractivity contribution in [1.29, 1.82) is 0 Å². The molecule has 5 aromatic rings. The highest BCUT2D eigenvalue weighted by Gasteiger charge is 2.24. The second-order valence-electron chi connectivity index (χ2n) is 11.6. The van der Waals surface area contributed by atoms with E-state index in [1.54, 1.807) is 6.33 Å². The number of carbonyl (C=O) groups is 1. The van der Waals surface area contributed by atoms with Gasteiger partial charge < -0.3 is 20.1 Å². The molecule has 2 aliphatic rings. The van der Waals surface area contributed by atoms with Gasteiger partial charge in [0.1, 0.15) is 12.0 Å². The Morgan fingerprint density at radius 1 is 0.884 bits per heavy atom. The number of carbonyl (C=O) groups excluding carboxylic acids is 1. The van der Waals surface area contributed by atoms with Gasteiger partial charge in [0.2, 0.25) is 0 Å². The lowest BCUT2D eigenvalue weighted by molar-refractivity contribution is 0.132. The molecule has 218 valence electrons. The summed E-state index contributed by atoms with van der Waals surface area (Å²) in [4.78, 5) is 32.8. The molecule has 0 unspecified atom stereocenters. The molecular weight excluding hydrogens is 534 g/mol. The lowest BCUT2D eigenvalue weighted by atomic mass is 10.0. The van der Waals surface area contributed by atoms with Gasteiger partial charge in [-0.05, 0) is 53.4 Å². The van der Waals surface area contributed by atoms with Gasteiger partial charge in [0.15, 0.2) is 0 Å². The molecule has 43 heavy (non-hydrogen) atoms. The second kappa shape index (κ2) is 11.6. The fourth-order valence-corrected chi connectivity index (χ4v) is 6.32. The van der Waals surface area contributed by atoms with Crippen LogP contribution >= 0.6 is 0 Å². The van der Waals surface area contributed by atoms with Crippen LogP contribution < -0.4 is 5.32 Å². The fraction of sp³-hybridized carbons (Fsp3) is 0.286. The molecule has 2 aliphatic heterocycles. The quantitative estimate of drug-likeness (QED) is 0.251. The van der Waals surface area contributed by atoms with E-state index < -0.39 is 0 Å². The monoisotopic (exact) mass is 571 g/mol. The maximum absolute atomic E-state index is 13.2. The minimum absolute atomic E-state index is 0.0973. The Morgan fingerprint density at radius 3 is 2.33 bits per heavy atom. The number of urea groups is 1. The number of hydrogen-bond donors (Lipinski definition) is 2. The van der Waals surface area contributed by atoms with Crippen LogP contribution in [0.2, 0.25) is 0 Å². The van der Waals surface area contributed by atoms with Crippen LogP contribution in [0.3, 0.4) is 0 Å². The molecule has 1 saturated heterocycles. The Balaban J connectivity index is 1.09. The number of fused-ring (bicyclic) bond motifs is 2. The topological polar surface area (TPSA) is 80.4 Å². The number of amides is 2. The highest BCUT2D eigenvalue weighted by Crippen LogP contribution is 2.34. The minimum atomic E-state index is -0.0973. The first-order chi connectivity index (χ1) is 21.1. The standard InChI is InChI=1S/C35H37N7O/c1-3-40-15-17-41(18-16-40)20-25-11-13-26(14-12-25)32-19-30-33(36-23-37-34(30)38-32)29-9-6-10-31(24(29)2)39-35(43)42-21-27-7-4-5-8-28(27)22-42/h4-14,19,23H,3,15-18,20-22H2,1-2H3,(H,39,43)(H,36,37,38). The van der Waals surface area contributed by atoms with E-state index >= 15 is 0 Å². The van der Waals surface area contributed by atoms with Crippen LogP contribution in [0.15, 0.2) is 79.1 Å². The number of nitrogens with zero attached hydrogens (tertiary/aromatic N) is 5. The summed E-state index contributed by atoms with van der Waals surface area (Å²) >= 11 is 0. The number of piperazine rings is 1. The van der Waals surface area contributed by atoms with Crippen molar-refractivity contribution in [3.05, 3.63) is 101 Å². The molecule has 0 atom stereocenters. The molecule has 8 heteroatoms. The van der Waals surface area contributed by atoms with Crippen LogP contribution in [-0.2, 0) is 19.6 Å². The van der Waals surface area contributed by atoms with Crippen molar-refractivity contribution in [3.63, 3.8) is 0 Å². The van der Waals surface area contributed by atoms with Crippen molar-refractivity contribution < 1.29 is 4.79 Å². The number of anilines is 1. The number of hydrogen-bond acceptors (Lipinski definition) is 5. The predicted octanol–water partition coefficient (Wildman–Crippen LogP) is 6.29. The van der Waals surface area contributed by atoms with Gasteiger partial charge in [-0.3, -0.25) is 4.90 Å². The third-order valence-corrected chi connectivity index (χ3v) is 8.97. The van der Waals surface area contributed by atoms with Crippen molar-refractivity contribution in [3.8, 4) is 22.5 Å². The summed E-state index contributed by atoms with van der Waals surface area (Å²) in [5.74, 6) is 0.